The smallest absolute Gasteiger partial charge is 0.239 e. The number of methoxy groups -OCH3 is 1. The van der Waals surface area contributed by atoms with E-state index in [0.717, 1.165) is 11.4 Å². The number of carbonyl (C=O) groups is 2. The van der Waals surface area contributed by atoms with Crippen LogP contribution in [-0.4, -0.2) is 46.3 Å². The van der Waals surface area contributed by atoms with E-state index in [1.165, 1.54) is 11.8 Å². The zero-order valence-electron chi connectivity index (χ0n) is 15.4. The fourth-order valence-corrected chi connectivity index (χ4v) is 2.98. The maximum absolute atomic E-state index is 12.0. The molecule has 2 amide bonds. The van der Waals surface area contributed by atoms with Gasteiger partial charge in [-0.3, -0.25) is 14.2 Å². The first-order chi connectivity index (χ1) is 12.3. The van der Waals surface area contributed by atoms with Gasteiger partial charge in [-0.1, -0.05) is 17.8 Å². The zero-order valence-corrected chi connectivity index (χ0v) is 16.2. The van der Waals surface area contributed by atoms with Crippen LogP contribution in [0.4, 0.5) is 0 Å². The Balaban J connectivity index is 1.89. The van der Waals surface area contributed by atoms with E-state index in [9.17, 15) is 9.59 Å². The van der Waals surface area contributed by atoms with Crippen LogP contribution in [0.3, 0.4) is 0 Å². The van der Waals surface area contributed by atoms with Gasteiger partial charge in [-0.05, 0) is 32.9 Å². The number of hydrogen-bond donors (Lipinski definition) is 2. The lowest BCUT2D eigenvalue weighted by Crippen LogP contribution is -2.46. The van der Waals surface area contributed by atoms with E-state index >= 15 is 0 Å². The van der Waals surface area contributed by atoms with Crippen LogP contribution in [0.25, 0.3) is 5.69 Å². The van der Waals surface area contributed by atoms with Crippen molar-refractivity contribution < 1.29 is 14.3 Å². The molecule has 0 aliphatic rings. The third kappa shape index (κ3) is 6.11. The molecule has 1 aromatic heterocycles. The molecule has 0 saturated heterocycles. The summed E-state index contributed by atoms with van der Waals surface area (Å²) in [7, 11) is 1.61. The molecule has 2 aromatic rings. The van der Waals surface area contributed by atoms with Crippen molar-refractivity contribution in [1.82, 2.24) is 20.2 Å². The van der Waals surface area contributed by atoms with Gasteiger partial charge in [-0.15, -0.1) is 0 Å². The highest BCUT2D eigenvalue weighted by atomic mass is 32.2. The molecular weight excluding hydrogens is 352 g/mol. The summed E-state index contributed by atoms with van der Waals surface area (Å²) >= 11 is 1.30. The molecule has 7 nitrogen and oxygen atoms in total. The average Bonchev–Trinajstić information content (AvgIpc) is 3.05. The first-order valence-electron chi connectivity index (χ1n) is 8.17. The molecule has 0 aliphatic heterocycles. The normalized spacial score (nSPS) is 11.1. The lowest BCUT2D eigenvalue weighted by molar-refractivity contribution is -0.125. The molecule has 0 saturated carbocycles. The lowest BCUT2D eigenvalue weighted by Gasteiger charge is -2.20. The summed E-state index contributed by atoms with van der Waals surface area (Å²) in [4.78, 5) is 28.0. The van der Waals surface area contributed by atoms with Gasteiger partial charge in [-0.25, -0.2) is 4.98 Å². The van der Waals surface area contributed by atoms with Crippen molar-refractivity contribution in [3.8, 4) is 11.4 Å². The molecule has 0 bridgehead atoms. The number of hydrogen-bond acceptors (Lipinski definition) is 5. The molecule has 0 unspecified atom stereocenters. The molecule has 0 atom stereocenters. The van der Waals surface area contributed by atoms with Crippen LogP contribution in [0, 0.1) is 0 Å². The predicted octanol–water partition coefficient (Wildman–Crippen LogP) is 2.00. The molecule has 0 aliphatic carbocycles. The topological polar surface area (TPSA) is 85.2 Å². The van der Waals surface area contributed by atoms with Gasteiger partial charge in [0.2, 0.25) is 11.8 Å². The second-order valence-corrected chi connectivity index (χ2v) is 7.59. The minimum atomic E-state index is -0.321. The van der Waals surface area contributed by atoms with Gasteiger partial charge in [0.1, 0.15) is 5.75 Å². The molecule has 8 heteroatoms. The van der Waals surface area contributed by atoms with E-state index in [1.54, 1.807) is 13.3 Å². The fraction of sp³-hybridized carbons (Fsp3) is 0.389. The monoisotopic (exact) mass is 376 g/mol. The Morgan fingerprint density at radius 3 is 2.73 bits per heavy atom. The summed E-state index contributed by atoms with van der Waals surface area (Å²) in [5.74, 6) is 0.479. The van der Waals surface area contributed by atoms with Crippen molar-refractivity contribution in [2.75, 3.05) is 19.4 Å². The molecule has 0 radical (unpaired) electrons. The highest BCUT2D eigenvalue weighted by Gasteiger charge is 2.15. The largest absolute Gasteiger partial charge is 0.497 e. The third-order valence-corrected chi connectivity index (χ3v) is 4.20. The van der Waals surface area contributed by atoms with Gasteiger partial charge in [0, 0.05) is 24.0 Å². The minimum Gasteiger partial charge on any atom is -0.497 e. The van der Waals surface area contributed by atoms with Crippen LogP contribution < -0.4 is 15.4 Å². The van der Waals surface area contributed by atoms with Crippen molar-refractivity contribution in [3.63, 3.8) is 0 Å². The number of carbonyl (C=O) groups excluding carboxylic acids is 2. The van der Waals surface area contributed by atoms with Gasteiger partial charge >= 0.3 is 0 Å². The summed E-state index contributed by atoms with van der Waals surface area (Å²) in [6.07, 6.45) is 3.50. The number of aromatic nitrogens is 2. The van der Waals surface area contributed by atoms with Gasteiger partial charge in [0.25, 0.3) is 0 Å². The van der Waals surface area contributed by atoms with Crippen LogP contribution in [0.1, 0.15) is 20.8 Å². The number of benzene rings is 1. The highest BCUT2D eigenvalue weighted by Crippen LogP contribution is 2.22. The van der Waals surface area contributed by atoms with Crippen molar-refractivity contribution in [2.45, 2.75) is 31.5 Å². The Morgan fingerprint density at radius 1 is 1.27 bits per heavy atom. The summed E-state index contributed by atoms with van der Waals surface area (Å²) in [6, 6.07) is 7.58. The number of rotatable bonds is 7. The van der Waals surface area contributed by atoms with Gasteiger partial charge in [0.05, 0.1) is 25.1 Å². The quantitative estimate of drug-likeness (QED) is 0.722. The second kappa shape index (κ2) is 8.75. The molecule has 26 heavy (non-hydrogen) atoms. The molecule has 2 N–H and O–H groups in total. The van der Waals surface area contributed by atoms with E-state index in [1.807, 2.05) is 55.8 Å². The van der Waals surface area contributed by atoms with E-state index in [0.29, 0.717) is 5.16 Å². The Hall–Kier alpha value is -2.48. The molecule has 1 aromatic carbocycles. The standard InChI is InChI=1S/C18H24N4O3S/c1-18(2,3)21-15(23)11-20-16(24)12-26-17-19-8-9-22(17)13-6-5-7-14(10-13)25-4/h5-10H,11-12H2,1-4H3,(H,20,24)(H,21,23). The van der Waals surface area contributed by atoms with Crippen molar-refractivity contribution in [3.05, 3.63) is 36.7 Å². The van der Waals surface area contributed by atoms with E-state index < -0.39 is 0 Å². The maximum Gasteiger partial charge on any atom is 0.239 e. The Bertz CT molecular complexity index is 768. The van der Waals surface area contributed by atoms with Crippen molar-refractivity contribution in [2.24, 2.45) is 0 Å². The van der Waals surface area contributed by atoms with E-state index in [4.69, 9.17) is 4.74 Å². The number of nitrogens with one attached hydrogen (secondary N) is 2. The highest BCUT2D eigenvalue weighted by molar-refractivity contribution is 7.99. The molecule has 2 rings (SSSR count). The molecule has 0 spiro atoms. The minimum absolute atomic E-state index is 0.0407. The SMILES string of the molecule is COc1cccc(-n2ccnc2SCC(=O)NCC(=O)NC(C)(C)C)c1. The van der Waals surface area contributed by atoms with E-state index in [2.05, 4.69) is 15.6 Å². The number of imidazole rings is 1. The summed E-state index contributed by atoms with van der Waals surface area (Å²) in [5, 5.41) is 6.10. The summed E-state index contributed by atoms with van der Waals surface area (Å²) in [5.41, 5.74) is 0.576. The fourth-order valence-electron chi connectivity index (χ4n) is 2.18. The number of amides is 2. The average molecular weight is 376 g/mol. The molecule has 140 valence electrons. The Labute approximate surface area is 157 Å². The van der Waals surface area contributed by atoms with Gasteiger partial charge in [0.15, 0.2) is 5.16 Å². The van der Waals surface area contributed by atoms with Gasteiger partial charge in [-0.2, -0.15) is 0 Å². The van der Waals surface area contributed by atoms with E-state index in [-0.39, 0.29) is 29.7 Å². The predicted molar refractivity (Wildman–Crippen MR) is 102 cm³/mol. The van der Waals surface area contributed by atoms with Crippen LogP contribution in [-0.2, 0) is 9.59 Å². The van der Waals surface area contributed by atoms with Crippen molar-refractivity contribution in [1.29, 1.82) is 0 Å². The van der Waals surface area contributed by atoms with Crippen LogP contribution in [0.5, 0.6) is 5.75 Å². The number of nitrogens with zero attached hydrogens (tertiary/aromatic N) is 2. The summed E-state index contributed by atoms with van der Waals surface area (Å²) < 4.78 is 7.12. The Morgan fingerprint density at radius 2 is 2.04 bits per heavy atom. The van der Waals surface area contributed by atoms with Crippen LogP contribution in [0.15, 0.2) is 41.8 Å². The molecule has 1 heterocycles. The first kappa shape index (κ1) is 19.8. The Kier molecular flexibility index (Phi) is 6.68. The second-order valence-electron chi connectivity index (χ2n) is 6.64. The molecule has 0 fully saturated rings. The zero-order chi connectivity index (χ0) is 19.2. The molecular formula is C18H24N4O3S. The lowest BCUT2D eigenvalue weighted by atomic mass is 10.1. The van der Waals surface area contributed by atoms with Gasteiger partial charge < -0.3 is 15.4 Å². The van der Waals surface area contributed by atoms with Crippen LogP contribution >= 0.6 is 11.8 Å². The maximum atomic E-state index is 12.0. The van der Waals surface area contributed by atoms with Crippen molar-refractivity contribution >= 4 is 23.6 Å². The number of thioether (sulfide) groups is 1. The first-order valence-corrected chi connectivity index (χ1v) is 9.15. The number of ether oxygens (including phenoxy) is 1. The summed E-state index contributed by atoms with van der Waals surface area (Å²) in [6.45, 7) is 5.63. The van der Waals surface area contributed by atoms with Crippen LogP contribution in [0.2, 0.25) is 0 Å². The third-order valence-electron chi connectivity index (χ3n) is 3.23.